The molecular weight excluding hydrogens is 414 g/mol. The Kier molecular flexibility index (Phi) is 6.40. The van der Waals surface area contributed by atoms with Crippen LogP contribution >= 0.6 is 0 Å². The third-order valence-corrected chi connectivity index (χ3v) is 6.01. The van der Waals surface area contributed by atoms with Gasteiger partial charge in [0.1, 0.15) is 11.9 Å². The van der Waals surface area contributed by atoms with Crippen LogP contribution < -0.4 is 15.8 Å². The number of hydrogen-bond donors (Lipinski definition) is 2. The van der Waals surface area contributed by atoms with E-state index < -0.39 is 5.91 Å². The van der Waals surface area contributed by atoms with Gasteiger partial charge in [0.15, 0.2) is 5.69 Å². The molecule has 1 saturated heterocycles. The van der Waals surface area contributed by atoms with Crippen molar-refractivity contribution in [3.8, 4) is 5.75 Å². The van der Waals surface area contributed by atoms with Crippen LogP contribution in [0.25, 0.3) is 0 Å². The third-order valence-electron chi connectivity index (χ3n) is 6.01. The SMILES string of the molecule is COc1ccc([C@H]2Cn3cnc(C(=O)N4CCC(C(=O)NCC(N)=O)CC4)c3CO2)cc1. The van der Waals surface area contributed by atoms with Crippen molar-refractivity contribution >= 4 is 17.7 Å². The highest BCUT2D eigenvalue weighted by Crippen LogP contribution is 2.29. The smallest absolute Gasteiger partial charge is 0.274 e. The monoisotopic (exact) mass is 441 g/mol. The summed E-state index contributed by atoms with van der Waals surface area (Å²) in [7, 11) is 1.63. The van der Waals surface area contributed by atoms with Crippen molar-refractivity contribution in [3.05, 3.63) is 47.5 Å². The number of imidazole rings is 1. The van der Waals surface area contributed by atoms with Crippen LogP contribution in [0, 0.1) is 5.92 Å². The zero-order chi connectivity index (χ0) is 22.7. The molecule has 3 N–H and O–H groups in total. The summed E-state index contributed by atoms with van der Waals surface area (Å²) >= 11 is 0. The summed E-state index contributed by atoms with van der Waals surface area (Å²) < 4.78 is 13.2. The Morgan fingerprint density at radius 2 is 1.94 bits per heavy atom. The molecule has 0 saturated carbocycles. The van der Waals surface area contributed by atoms with Crippen LogP contribution in [0.3, 0.4) is 0 Å². The van der Waals surface area contributed by atoms with Crippen molar-refractivity contribution < 1.29 is 23.9 Å². The number of aromatic nitrogens is 2. The van der Waals surface area contributed by atoms with Crippen LogP contribution in [0.5, 0.6) is 5.75 Å². The van der Waals surface area contributed by atoms with E-state index in [4.69, 9.17) is 15.2 Å². The van der Waals surface area contributed by atoms with Crippen LogP contribution in [0.2, 0.25) is 0 Å². The molecule has 170 valence electrons. The summed E-state index contributed by atoms with van der Waals surface area (Å²) in [6.45, 7) is 1.61. The number of amides is 3. The quantitative estimate of drug-likeness (QED) is 0.676. The largest absolute Gasteiger partial charge is 0.497 e. The number of nitrogens with zero attached hydrogens (tertiary/aromatic N) is 3. The molecule has 0 unspecified atom stereocenters. The van der Waals surface area contributed by atoms with Crippen molar-refractivity contribution in [2.45, 2.75) is 32.1 Å². The molecule has 0 spiro atoms. The van der Waals surface area contributed by atoms with Gasteiger partial charge in [0, 0.05) is 19.0 Å². The molecule has 1 aromatic carbocycles. The van der Waals surface area contributed by atoms with Gasteiger partial charge in [-0.15, -0.1) is 0 Å². The fraction of sp³-hybridized carbons (Fsp3) is 0.455. The zero-order valence-electron chi connectivity index (χ0n) is 18.0. The number of ether oxygens (including phenoxy) is 2. The summed E-state index contributed by atoms with van der Waals surface area (Å²) in [6.07, 6.45) is 2.62. The van der Waals surface area contributed by atoms with Crippen molar-refractivity contribution in [1.29, 1.82) is 0 Å². The van der Waals surface area contributed by atoms with Gasteiger partial charge in [0.25, 0.3) is 5.91 Å². The summed E-state index contributed by atoms with van der Waals surface area (Å²) in [4.78, 5) is 42.1. The molecule has 2 aromatic rings. The number of piperidine rings is 1. The first-order chi connectivity index (χ1) is 15.5. The van der Waals surface area contributed by atoms with E-state index >= 15 is 0 Å². The highest BCUT2D eigenvalue weighted by Gasteiger charge is 2.32. The van der Waals surface area contributed by atoms with Crippen LogP contribution in [0.15, 0.2) is 30.6 Å². The maximum Gasteiger partial charge on any atom is 0.274 e. The molecular formula is C22H27N5O5. The maximum atomic E-state index is 13.1. The van der Waals surface area contributed by atoms with Gasteiger partial charge in [0.05, 0.1) is 38.8 Å². The number of nitrogens with two attached hydrogens (primary N) is 1. The topological polar surface area (TPSA) is 129 Å². The number of fused-ring (bicyclic) bond motifs is 1. The predicted octanol–water partition coefficient (Wildman–Crippen LogP) is 0.617. The van der Waals surface area contributed by atoms with E-state index in [-0.39, 0.29) is 30.4 Å². The molecule has 2 aliphatic rings. The van der Waals surface area contributed by atoms with Crippen molar-refractivity contribution in [2.24, 2.45) is 11.7 Å². The molecule has 1 aromatic heterocycles. The van der Waals surface area contributed by atoms with Crippen molar-refractivity contribution in [2.75, 3.05) is 26.7 Å². The fourth-order valence-corrected chi connectivity index (χ4v) is 4.14. The normalized spacial score (nSPS) is 18.7. The molecule has 0 aliphatic carbocycles. The lowest BCUT2D eigenvalue weighted by Gasteiger charge is -2.31. The van der Waals surface area contributed by atoms with Crippen LogP contribution in [0.4, 0.5) is 0 Å². The first-order valence-corrected chi connectivity index (χ1v) is 10.6. The number of carbonyl (C=O) groups excluding carboxylic acids is 3. The second kappa shape index (κ2) is 9.39. The first-order valence-electron chi connectivity index (χ1n) is 10.6. The summed E-state index contributed by atoms with van der Waals surface area (Å²) in [5, 5.41) is 2.53. The Morgan fingerprint density at radius 3 is 2.59 bits per heavy atom. The van der Waals surface area contributed by atoms with Gasteiger partial charge >= 0.3 is 0 Å². The zero-order valence-corrected chi connectivity index (χ0v) is 18.0. The third kappa shape index (κ3) is 4.59. The van der Waals surface area contributed by atoms with Gasteiger partial charge in [-0.2, -0.15) is 0 Å². The fourth-order valence-electron chi connectivity index (χ4n) is 4.14. The number of benzene rings is 1. The number of primary amides is 1. The standard InChI is InChI=1S/C22H27N5O5/c1-31-16-4-2-14(3-5-16)18-11-27-13-25-20(17(27)12-32-18)22(30)26-8-6-15(7-9-26)21(29)24-10-19(23)28/h2-5,13,15,18H,6-12H2,1H3,(H2,23,28)(H,24,29)/t18-/m1/s1. The van der Waals surface area contributed by atoms with E-state index in [1.165, 1.54) is 0 Å². The predicted molar refractivity (Wildman–Crippen MR) is 114 cm³/mol. The van der Waals surface area contributed by atoms with Gasteiger partial charge in [0.2, 0.25) is 11.8 Å². The van der Waals surface area contributed by atoms with Crippen molar-refractivity contribution in [3.63, 3.8) is 0 Å². The van der Waals surface area contributed by atoms with Crippen molar-refractivity contribution in [1.82, 2.24) is 19.8 Å². The van der Waals surface area contributed by atoms with Crippen LogP contribution in [-0.4, -0.2) is 58.9 Å². The molecule has 3 amide bonds. The highest BCUT2D eigenvalue weighted by atomic mass is 16.5. The minimum Gasteiger partial charge on any atom is -0.497 e. The van der Waals surface area contributed by atoms with Gasteiger partial charge in [-0.05, 0) is 30.5 Å². The summed E-state index contributed by atoms with van der Waals surface area (Å²) in [5.74, 6) is -0.376. The number of nitrogens with one attached hydrogen (secondary N) is 1. The second-order valence-corrected chi connectivity index (χ2v) is 8.02. The molecule has 2 aliphatic heterocycles. The Balaban J connectivity index is 1.36. The minimum absolute atomic E-state index is 0.125. The Labute approximate surface area is 185 Å². The number of carbonyl (C=O) groups is 3. The molecule has 4 rings (SSSR count). The number of methoxy groups -OCH3 is 1. The average molecular weight is 441 g/mol. The Morgan fingerprint density at radius 1 is 1.22 bits per heavy atom. The lowest BCUT2D eigenvalue weighted by atomic mass is 9.95. The summed E-state index contributed by atoms with van der Waals surface area (Å²) in [5.41, 5.74) is 7.26. The lowest BCUT2D eigenvalue weighted by Crippen LogP contribution is -2.44. The molecule has 1 atom stereocenters. The molecule has 0 radical (unpaired) electrons. The molecule has 32 heavy (non-hydrogen) atoms. The Hall–Kier alpha value is -3.40. The van der Waals surface area contributed by atoms with Gasteiger partial charge in [-0.1, -0.05) is 12.1 Å². The minimum atomic E-state index is -0.577. The first kappa shape index (κ1) is 21.8. The molecule has 3 heterocycles. The van der Waals surface area contributed by atoms with Gasteiger partial charge in [-0.3, -0.25) is 14.4 Å². The summed E-state index contributed by atoms with van der Waals surface area (Å²) in [6, 6.07) is 7.74. The number of hydrogen-bond acceptors (Lipinski definition) is 6. The number of rotatable bonds is 6. The molecule has 0 bridgehead atoms. The van der Waals surface area contributed by atoms with E-state index in [9.17, 15) is 14.4 Å². The van der Waals surface area contributed by atoms with E-state index in [1.54, 1.807) is 18.3 Å². The average Bonchev–Trinajstić information content (AvgIpc) is 3.25. The maximum absolute atomic E-state index is 13.1. The molecule has 10 heteroatoms. The molecule has 1 fully saturated rings. The lowest BCUT2D eigenvalue weighted by molar-refractivity contribution is -0.128. The van der Waals surface area contributed by atoms with Gasteiger partial charge < -0.3 is 30.0 Å². The highest BCUT2D eigenvalue weighted by molar-refractivity contribution is 5.93. The Bertz CT molecular complexity index is 995. The van der Waals surface area contributed by atoms with Crippen LogP contribution in [0.1, 0.15) is 40.7 Å². The van der Waals surface area contributed by atoms with E-state index in [0.717, 1.165) is 17.0 Å². The van der Waals surface area contributed by atoms with E-state index in [2.05, 4.69) is 10.3 Å². The van der Waals surface area contributed by atoms with Gasteiger partial charge in [-0.25, -0.2) is 4.98 Å². The van der Waals surface area contributed by atoms with Crippen LogP contribution in [-0.2, 0) is 27.5 Å². The molecule has 10 nitrogen and oxygen atoms in total. The number of likely N-dealkylation sites (tertiary alicyclic amines) is 1. The van der Waals surface area contributed by atoms with E-state index in [1.807, 2.05) is 28.8 Å². The van der Waals surface area contributed by atoms with E-state index in [0.29, 0.717) is 44.8 Å². The second-order valence-electron chi connectivity index (χ2n) is 8.02.